The highest BCUT2D eigenvalue weighted by atomic mass is 16.5. The van der Waals surface area contributed by atoms with Crippen molar-refractivity contribution in [1.29, 1.82) is 0 Å². The summed E-state index contributed by atoms with van der Waals surface area (Å²) in [6.07, 6.45) is 1.98. The quantitative estimate of drug-likeness (QED) is 0.936. The summed E-state index contributed by atoms with van der Waals surface area (Å²) >= 11 is 0. The lowest BCUT2D eigenvalue weighted by atomic mass is 10.1. The van der Waals surface area contributed by atoms with Crippen LogP contribution in [0.25, 0.3) is 11.4 Å². The van der Waals surface area contributed by atoms with Crippen molar-refractivity contribution < 1.29 is 9.32 Å². The number of hydrogen-bond donors (Lipinski definition) is 1. The van der Waals surface area contributed by atoms with E-state index < -0.39 is 0 Å². The number of carbonyl (C=O) groups is 1. The lowest BCUT2D eigenvalue weighted by Gasteiger charge is -2.31. The molecule has 0 bridgehead atoms. The van der Waals surface area contributed by atoms with Gasteiger partial charge in [0.25, 0.3) is 0 Å². The van der Waals surface area contributed by atoms with E-state index in [1.807, 2.05) is 35.2 Å². The Morgan fingerprint density at radius 1 is 1.38 bits per heavy atom. The molecule has 0 saturated carbocycles. The number of benzene rings is 1. The van der Waals surface area contributed by atoms with Crippen LogP contribution in [0.5, 0.6) is 0 Å². The van der Waals surface area contributed by atoms with Gasteiger partial charge in [0.1, 0.15) is 0 Å². The second-order valence-corrected chi connectivity index (χ2v) is 5.24. The summed E-state index contributed by atoms with van der Waals surface area (Å²) < 4.78 is 5.24. The zero-order chi connectivity index (χ0) is 14.7. The molecule has 0 spiro atoms. The van der Waals surface area contributed by atoms with Crippen molar-refractivity contribution in [2.45, 2.75) is 25.8 Å². The van der Waals surface area contributed by atoms with Crippen LogP contribution in [-0.4, -0.2) is 40.1 Å². The third-order valence-corrected chi connectivity index (χ3v) is 3.65. The van der Waals surface area contributed by atoms with E-state index in [2.05, 4.69) is 15.5 Å². The Hall–Kier alpha value is -2.37. The van der Waals surface area contributed by atoms with Crippen molar-refractivity contribution in [3.63, 3.8) is 0 Å². The van der Waals surface area contributed by atoms with E-state index in [0.29, 0.717) is 18.4 Å². The fourth-order valence-electron chi connectivity index (χ4n) is 2.54. The monoisotopic (exact) mass is 286 g/mol. The predicted octanol–water partition coefficient (Wildman–Crippen LogP) is 2.16. The third-order valence-electron chi connectivity index (χ3n) is 3.65. The topological polar surface area (TPSA) is 71.3 Å². The van der Waals surface area contributed by atoms with Crippen LogP contribution < -0.4 is 5.32 Å². The highest BCUT2D eigenvalue weighted by Gasteiger charge is 2.22. The first kappa shape index (κ1) is 13.6. The number of nitrogens with zero attached hydrogens (tertiary/aromatic N) is 3. The van der Waals surface area contributed by atoms with E-state index in [4.69, 9.17) is 4.52 Å². The number of anilines is 1. The molecule has 3 rings (SSSR count). The van der Waals surface area contributed by atoms with Gasteiger partial charge in [-0.05, 0) is 12.8 Å². The number of rotatable bonds is 3. The number of piperidine rings is 1. The Bertz CT molecular complexity index is 611. The van der Waals surface area contributed by atoms with Crippen molar-refractivity contribution in [3.05, 3.63) is 30.3 Å². The smallest absolute Gasteiger partial charge is 0.322 e. The standard InChI is InChI=1S/C15H18N4O2/c1-11(20)19-9-5-8-13(10-19)16-15-17-14(18-21-15)12-6-3-2-4-7-12/h2-4,6-7,13H,5,8-10H2,1H3,(H,16,17,18). The van der Waals surface area contributed by atoms with Gasteiger partial charge in [0.15, 0.2) is 0 Å². The van der Waals surface area contributed by atoms with E-state index in [-0.39, 0.29) is 11.9 Å². The molecule has 2 heterocycles. The maximum absolute atomic E-state index is 11.4. The fourth-order valence-corrected chi connectivity index (χ4v) is 2.54. The number of nitrogens with one attached hydrogen (secondary N) is 1. The molecule has 1 N–H and O–H groups in total. The average Bonchev–Trinajstić information content (AvgIpc) is 2.97. The van der Waals surface area contributed by atoms with Gasteiger partial charge in [-0.15, -0.1) is 0 Å². The maximum atomic E-state index is 11.4. The molecule has 1 unspecified atom stereocenters. The Labute approximate surface area is 123 Å². The minimum absolute atomic E-state index is 0.108. The Kier molecular flexibility index (Phi) is 3.85. The molecular weight excluding hydrogens is 268 g/mol. The SMILES string of the molecule is CC(=O)N1CCCC(Nc2nc(-c3ccccc3)no2)C1. The normalized spacial score (nSPS) is 18.5. The fraction of sp³-hybridized carbons (Fsp3) is 0.400. The molecule has 1 fully saturated rings. The second kappa shape index (κ2) is 5.95. The van der Waals surface area contributed by atoms with Crippen LogP contribution in [0.4, 0.5) is 6.01 Å². The number of aromatic nitrogens is 2. The van der Waals surface area contributed by atoms with Crippen molar-refractivity contribution in [1.82, 2.24) is 15.0 Å². The predicted molar refractivity (Wildman–Crippen MR) is 78.6 cm³/mol. The molecule has 110 valence electrons. The van der Waals surface area contributed by atoms with Crippen LogP contribution in [0.3, 0.4) is 0 Å². The molecule has 1 amide bonds. The maximum Gasteiger partial charge on any atom is 0.322 e. The number of carbonyl (C=O) groups excluding carboxylic acids is 1. The Balaban J connectivity index is 1.66. The van der Waals surface area contributed by atoms with Crippen LogP contribution in [0.1, 0.15) is 19.8 Å². The van der Waals surface area contributed by atoms with Gasteiger partial charge in [0, 0.05) is 31.6 Å². The minimum atomic E-state index is 0.108. The Morgan fingerprint density at radius 2 is 2.19 bits per heavy atom. The van der Waals surface area contributed by atoms with Crippen LogP contribution in [0, 0.1) is 0 Å². The highest BCUT2D eigenvalue weighted by molar-refractivity contribution is 5.73. The van der Waals surface area contributed by atoms with Gasteiger partial charge in [0.05, 0.1) is 0 Å². The summed E-state index contributed by atoms with van der Waals surface area (Å²) in [7, 11) is 0. The van der Waals surface area contributed by atoms with Crippen LogP contribution in [-0.2, 0) is 4.79 Å². The molecule has 1 aliphatic heterocycles. The summed E-state index contributed by atoms with van der Waals surface area (Å²) in [4.78, 5) is 17.6. The van der Waals surface area contributed by atoms with Gasteiger partial charge in [-0.1, -0.05) is 35.5 Å². The summed E-state index contributed by atoms with van der Waals surface area (Å²) in [5.41, 5.74) is 0.920. The first-order chi connectivity index (χ1) is 10.2. The molecule has 6 nitrogen and oxygen atoms in total. The van der Waals surface area contributed by atoms with E-state index in [0.717, 1.165) is 24.9 Å². The van der Waals surface area contributed by atoms with Crippen molar-refractivity contribution in [2.24, 2.45) is 0 Å². The Morgan fingerprint density at radius 3 is 2.95 bits per heavy atom. The molecule has 0 aliphatic carbocycles. The molecule has 1 aromatic heterocycles. The molecule has 2 aromatic rings. The summed E-state index contributed by atoms with van der Waals surface area (Å²) in [6.45, 7) is 3.10. The van der Waals surface area contributed by atoms with Gasteiger partial charge in [-0.3, -0.25) is 4.79 Å². The lowest BCUT2D eigenvalue weighted by Crippen LogP contribution is -2.44. The third kappa shape index (κ3) is 3.21. The molecule has 1 atom stereocenters. The van der Waals surface area contributed by atoms with Crippen molar-refractivity contribution in [3.8, 4) is 11.4 Å². The van der Waals surface area contributed by atoms with E-state index in [1.165, 1.54) is 0 Å². The molecule has 0 radical (unpaired) electrons. The molecule has 21 heavy (non-hydrogen) atoms. The van der Waals surface area contributed by atoms with Gasteiger partial charge >= 0.3 is 6.01 Å². The zero-order valence-corrected chi connectivity index (χ0v) is 12.0. The summed E-state index contributed by atoms with van der Waals surface area (Å²) in [5.74, 6) is 0.675. The van der Waals surface area contributed by atoms with E-state index in [9.17, 15) is 4.79 Å². The number of likely N-dealkylation sites (tertiary alicyclic amines) is 1. The largest absolute Gasteiger partial charge is 0.341 e. The van der Waals surface area contributed by atoms with Crippen LogP contribution >= 0.6 is 0 Å². The van der Waals surface area contributed by atoms with Crippen molar-refractivity contribution >= 4 is 11.9 Å². The molecule has 1 saturated heterocycles. The van der Waals surface area contributed by atoms with Crippen LogP contribution in [0.2, 0.25) is 0 Å². The van der Waals surface area contributed by atoms with Gasteiger partial charge in [0.2, 0.25) is 11.7 Å². The first-order valence-corrected chi connectivity index (χ1v) is 7.13. The number of hydrogen-bond acceptors (Lipinski definition) is 5. The first-order valence-electron chi connectivity index (χ1n) is 7.13. The average molecular weight is 286 g/mol. The summed E-state index contributed by atoms with van der Waals surface area (Å²) in [6, 6.07) is 10.3. The highest BCUT2D eigenvalue weighted by Crippen LogP contribution is 2.19. The van der Waals surface area contributed by atoms with E-state index >= 15 is 0 Å². The zero-order valence-electron chi connectivity index (χ0n) is 12.0. The molecular formula is C15H18N4O2. The second-order valence-electron chi connectivity index (χ2n) is 5.24. The molecule has 1 aromatic carbocycles. The molecule has 6 heteroatoms. The van der Waals surface area contributed by atoms with Gasteiger partial charge < -0.3 is 14.7 Å². The van der Waals surface area contributed by atoms with Crippen LogP contribution in [0.15, 0.2) is 34.9 Å². The lowest BCUT2D eigenvalue weighted by molar-refractivity contribution is -0.129. The van der Waals surface area contributed by atoms with E-state index in [1.54, 1.807) is 6.92 Å². The minimum Gasteiger partial charge on any atom is -0.341 e. The van der Waals surface area contributed by atoms with Gasteiger partial charge in [-0.25, -0.2) is 0 Å². The molecule has 1 aliphatic rings. The number of amides is 1. The summed E-state index contributed by atoms with van der Waals surface area (Å²) in [5, 5.41) is 7.20. The van der Waals surface area contributed by atoms with Gasteiger partial charge in [-0.2, -0.15) is 4.98 Å². The van der Waals surface area contributed by atoms with Crippen molar-refractivity contribution in [2.75, 3.05) is 18.4 Å².